The summed E-state index contributed by atoms with van der Waals surface area (Å²) < 4.78 is 13.3. The highest BCUT2D eigenvalue weighted by Crippen LogP contribution is 2.20. The fraction of sp³-hybridized carbons (Fsp3) is 0.111. The van der Waals surface area contributed by atoms with Gasteiger partial charge in [0.15, 0.2) is 12.4 Å². The molecule has 102 valence electrons. The van der Waals surface area contributed by atoms with Gasteiger partial charge in [-0.3, -0.25) is 15.0 Å². The van der Waals surface area contributed by atoms with Crippen molar-refractivity contribution in [2.24, 2.45) is 0 Å². The van der Waals surface area contributed by atoms with E-state index in [0.29, 0.717) is 6.07 Å². The van der Waals surface area contributed by atoms with Crippen LogP contribution in [0.5, 0.6) is 0 Å². The minimum atomic E-state index is -1.30. The Labute approximate surface area is 105 Å². The molecule has 1 aromatic carbocycles. The molecule has 9 nitrogen and oxygen atoms in total. The van der Waals surface area contributed by atoms with Crippen molar-refractivity contribution in [3.05, 3.63) is 34.1 Å². The second kappa shape index (κ2) is 6.26. The summed E-state index contributed by atoms with van der Waals surface area (Å²) in [5.41, 5.74) is 0.911. The van der Waals surface area contributed by atoms with E-state index < -0.39 is 35.0 Å². The fourth-order valence-corrected chi connectivity index (χ4v) is 1.03. The van der Waals surface area contributed by atoms with Gasteiger partial charge in [-0.1, -0.05) is 0 Å². The lowest BCUT2D eigenvalue weighted by molar-refractivity contribution is -0.385. The lowest BCUT2D eigenvalue weighted by Crippen LogP contribution is -2.31. The fourth-order valence-electron chi connectivity index (χ4n) is 1.03. The van der Waals surface area contributed by atoms with Crippen LogP contribution >= 0.6 is 0 Å². The molecule has 0 heterocycles. The lowest BCUT2D eigenvalue weighted by Gasteiger charge is -2.07. The van der Waals surface area contributed by atoms with Crippen molar-refractivity contribution >= 4 is 23.4 Å². The standard InChI is InChI=1S/C9H8FN3O6/c10-6-3-5(13(17)18)1-2-7(6)11-9(16)12-19-4-8(14)15/h1-3H,4H2,(H,14,15)(H2,11,12,16). The number of non-ortho nitro benzene ring substituents is 1. The Balaban J connectivity index is 2.59. The number of nitro benzene ring substituents is 1. The number of urea groups is 1. The third-order valence-electron chi connectivity index (χ3n) is 1.77. The minimum absolute atomic E-state index is 0.318. The van der Waals surface area contributed by atoms with E-state index in [-0.39, 0.29) is 5.69 Å². The van der Waals surface area contributed by atoms with Gasteiger partial charge in [-0.25, -0.2) is 19.5 Å². The minimum Gasteiger partial charge on any atom is -0.479 e. The van der Waals surface area contributed by atoms with E-state index in [1.54, 1.807) is 5.48 Å². The molecule has 10 heteroatoms. The normalized spacial score (nSPS) is 9.74. The van der Waals surface area contributed by atoms with Gasteiger partial charge in [-0.05, 0) is 6.07 Å². The summed E-state index contributed by atoms with van der Waals surface area (Å²) in [4.78, 5) is 35.0. The number of rotatable bonds is 5. The van der Waals surface area contributed by atoms with E-state index in [4.69, 9.17) is 5.11 Å². The number of anilines is 1. The molecular weight excluding hydrogens is 265 g/mol. The topological polar surface area (TPSA) is 131 Å². The molecule has 2 amide bonds. The Morgan fingerprint density at radius 1 is 1.47 bits per heavy atom. The molecule has 0 aromatic heterocycles. The molecular formula is C9H8FN3O6. The van der Waals surface area contributed by atoms with Gasteiger partial charge >= 0.3 is 12.0 Å². The highest BCUT2D eigenvalue weighted by Gasteiger charge is 2.12. The SMILES string of the molecule is O=C(O)CONC(=O)Nc1ccc([N+](=O)[O-])cc1F. The zero-order chi connectivity index (χ0) is 14.4. The molecule has 0 spiro atoms. The van der Waals surface area contributed by atoms with Crippen LogP contribution in [-0.4, -0.2) is 28.6 Å². The van der Waals surface area contributed by atoms with E-state index in [2.05, 4.69) is 4.84 Å². The van der Waals surface area contributed by atoms with Crippen LogP contribution in [0, 0.1) is 15.9 Å². The van der Waals surface area contributed by atoms with Crippen molar-refractivity contribution < 1.29 is 28.8 Å². The van der Waals surface area contributed by atoms with Gasteiger partial charge in [0.2, 0.25) is 0 Å². The quantitative estimate of drug-likeness (QED) is 0.539. The number of nitrogens with zero attached hydrogens (tertiary/aromatic N) is 1. The van der Waals surface area contributed by atoms with E-state index in [1.165, 1.54) is 0 Å². The zero-order valence-corrected chi connectivity index (χ0v) is 9.25. The van der Waals surface area contributed by atoms with E-state index in [0.717, 1.165) is 12.1 Å². The van der Waals surface area contributed by atoms with E-state index in [1.807, 2.05) is 5.32 Å². The molecule has 0 saturated carbocycles. The number of carboxylic acids is 1. The third kappa shape index (κ3) is 4.55. The first kappa shape index (κ1) is 14.3. The average molecular weight is 273 g/mol. The zero-order valence-electron chi connectivity index (χ0n) is 9.25. The second-order valence-corrected chi connectivity index (χ2v) is 3.16. The number of hydroxylamine groups is 1. The van der Waals surface area contributed by atoms with Crippen molar-refractivity contribution in [3.63, 3.8) is 0 Å². The second-order valence-electron chi connectivity index (χ2n) is 3.16. The Morgan fingerprint density at radius 3 is 2.68 bits per heavy atom. The summed E-state index contributed by atoms with van der Waals surface area (Å²) in [5.74, 6) is -2.32. The monoisotopic (exact) mass is 273 g/mol. The third-order valence-corrected chi connectivity index (χ3v) is 1.77. The number of nitrogens with one attached hydrogen (secondary N) is 2. The van der Waals surface area contributed by atoms with Crippen molar-refractivity contribution in [3.8, 4) is 0 Å². The van der Waals surface area contributed by atoms with Gasteiger partial charge in [-0.15, -0.1) is 0 Å². The number of aliphatic carboxylic acids is 1. The molecule has 0 aliphatic rings. The van der Waals surface area contributed by atoms with Gasteiger partial charge in [0.1, 0.15) is 0 Å². The summed E-state index contributed by atoms with van der Waals surface area (Å²) in [6.07, 6.45) is 0. The van der Waals surface area contributed by atoms with Gasteiger partial charge < -0.3 is 10.4 Å². The Hall–Kier alpha value is -2.75. The molecule has 1 aromatic rings. The van der Waals surface area contributed by atoms with Gasteiger partial charge in [0.25, 0.3) is 5.69 Å². The van der Waals surface area contributed by atoms with Crippen LogP contribution in [-0.2, 0) is 9.63 Å². The van der Waals surface area contributed by atoms with Crippen LogP contribution in [0.3, 0.4) is 0 Å². The summed E-state index contributed by atoms with van der Waals surface area (Å²) in [5, 5.41) is 20.6. The summed E-state index contributed by atoms with van der Waals surface area (Å²) >= 11 is 0. The van der Waals surface area contributed by atoms with Crippen LogP contribution in [0.1, 0.15) is 0 Å². The summed E-state index contributed by atoms with van der Waals surface area (Å²) in [7, 11) is 0. The van der Waals surface area contributed by atoms with Crippen LogP contribution in [0.4, 0.5) is 20.6 Å². The van der Waals surface area contributed by atoms with E-state index >= 15 is 0 Å². The van der Waals surface area contributed by atoms with Crippen LogP contribution in [0.25, 0.3) is 0 Å². The molecule has 19 heavy (non-hydrogen) atoms. The molecule has 0 atom stereocenters. The van der Waals surface area contributed by atoms with Crippen LogP contribution in [0.2, 0.25) is 0 Å². The molecule has 0 radical (unpaired) electrons. The molecule has 0 aliphatic carbocycles. The van der Waals surface area contributed by atoms with Crippen molar-refractivity contribution in [2.75, 3.05) is 11.9 Å². The van der Waals surface area contributed by atoms with E-state index in [9.17, 15) is 24.1 Å². The molecule has 0 aliphatic heterocycles. The maximum atomic E-state index is 13.3. The molecule has 0 saturated heterocycles. The molecule has 0 unspecified atom stereocenters. The summed E-state index contributed by atoms with van der Waals surface area (Å²) in [6.45, 7) is -0.768. The maximum Gasteiger partial charge on any atom is 0.343 e. The van der Waals surface area contributed by atoms with Crippen LogP contribution < -0.4 is 10.8 Å². The molecule has 0 fully saturated rings. The average Bonchev–Trinajstić information content (AvgIpc) is 2.31. The first-order valence-corrected chi connectivity index (χ1v) is 4.74. The largest absolute Gasteiger partial charge is 0.479 e. The highest BCUT2D eigenvalue weighted by molar-refractivity contribution is 5.88. The molecule has 0 bridgehead atoms. The molecule has 1 rings (SSSR count). The first-order chi connectivity index (χ1) is 8.90. The van der Waals surface area contributed by atoms with Gasteiger partial charge in [0.05, 0.1) is 16.7 Å². The smallest absolute Gasteiger partial charge is 0.343 e. The lowest BCUT2D eigenvalue weighted by atomic mass is 10.2. The highest BCUT2D eigenvalue weighted by atomic mass is 19.1. The number of halogens is 1. The predicted octanol–water partition coefficient (Wildman–Crippen LogP) is 0.872. The van der Waals surface area contributed by atoms with Crippen molar-refractivity contribution in [1.82, 2.24) is 5.48 Å². The number of carbonyl (C=O) groups excluding carboxylic acids is 1. The van der Waals surface area contributed by atoms with Gasteiger partial charge in [0, 0.05) is 6.07 Å². The Kier molecular flexibility index (Phi) is 4.71. The van der Waals surface area contributed by atoms with Crippen LogP contribution in [0.15, 0.2) is 18.2 Å². The molecule has 3 N–H and O–H groups in total. The first-order valence-electron chi connectivity index (χ1n) is 4.74. The predicted molar refractivity (Wildman–Crippen MR) is 58.8 cm³/mol. The maximum absolute atomic E-state index is 13.3. The number of hydrogen-bond acceptors (Lipinski definition) is 5. The number of nitro groups is 1. The number of amides is 2. The number of hydrogen-bond donors (Lipinski definition) is 3. The number of carboxylic acid groups (broad SMARTS) is 1. The van der Waals surface area contributed by atoms with Gasteiger partial charge in [-0.2, -0.15) is 0 Å². The number of benzene rings is 1. The Bertz CT molecular complexity index is 521. The Morgan fingerprint density at radius 2 is 2.16 bits per heavy atom. The van der Waals surface area contributed by atoms with Crippen molar-refractivity contribution in [2.45, 2.75) is 0 Å². The number of carbonyl (C=O) groups is 2. The van der Waals surface area contributed by atoms with Crippen molar-refractivity contribution in [1.29, 1.82) is 0 Å². The summed E-state index contributed by atoms with van der Waals surface area (Å²) in [6, 6.07) is 1.60.